The van der Waals surface area contributed by atoms with Crippen LogP contribution in [0.25, 0.3) is 0 Å². The van der Waals surface area contributed by atoms with Crippen molar-refractivity contribution >= 4 is 11.9 Å². The molecule has 1 saturated heterocycles. The molecule has 2 rings (SSSR count). The van der Waals surface area contributed by atoms with Gasteiger partial charge >= 0.3 is 5.97 Å². The molecule has 0 N–H and O–H groups in total. The predicted octanol–water partition coefficient (Wildman–Crippen LogP) is 2.73. The van der Waals surface area contributed by atoms with Gasteiger partial charge in [0.2, 0.25) is 5.95 Å². The molecule has 1 aromatic heterocycles. The second-order valence-corrected chi connectivity index (χ2v) is 5.21. The normalized spacial score (nSPS) is 15.2. The number of carbonyl (C=O) groups is 1. The molecule has 20 heavy (non-hydrogen) atoms. The van der Waals surface area contributed by atoms with E-state index in [-0.39, 0.29) is 5.97 Å². The molecule has 0 bridgehead atoms. The molecule has 110 valence electrons. The number of hydrogen-bond donors (Lipinski definition) is 0. The third-order valence-electron chi connectivity index (χ3n) is 3.56. The summed E-state index contributed by atoms with van der Waals surface area (Å²) in [5.74, 6) is 0.411. The number of anilines is 1. The van der Waals surface area contributed by atoms with E-state index in [0.717, 1.165) is 31.9 Å². The molecule has 0 spiro atoms. The number of esters is 1. The summed E-state index contributed by atoms with van der Waals surface area (Å²) >= 11 is 0. The van der Waals surface area contributed by atoms with E-state index in [0.29, 0.717) is 17.9 Å². The van der Waals surface area contributed by atoms with Crippen molar-refractivity contribution in [1.29, 1.82) is 0 Å². The number of unbranched alkanes of at least 4 members (excludes halogenated alkanes) is 1. The average Bonchev–Trinajstić information content (AvgIpc) is 2.48. The van der Waals surface area contributed by atoms with E-state index in [1.54, 1.807) is 6.20 Å². The maximum Gasteiger partial charge on any atom is 0.341 e. The van der Waals surface area contributed by atoms with E-state index >= 15 is 0 Å². The Labute approximate surface area is 120 Å². The van der Waals surface area contributed by atoms with Crippen LogP contribution in [0.15, 0.2) is 6.20 Å². The van der Waals surface area contributed by atoms with Gasteiger partial charge in [0.05, 0.1) is 17.9 Å². The van der Waals surface area contributed by atoms with E-state index in [1.165, 1.54) is 19.3 Å². The molecule has 0 aliphatic carbocycles. The van der Waals surface area contributed by atoms with Crippen molar-refractivity contribution in [2.24, 2.45) is 0 Å². The van der Waals surface area contributed by atoms with Gasteiger partial charge in [-0.25, -0.2) is 14.8 Å². The largest absolute Gasteiger partial charge is 0.462 e. The van der Waals surface area contributed by atoms with Crippen LogP contribution < -0.4 is 4.90 Å². The molecule has 5 heteroatoms. The highest BCUT2D eigenvalue weighted by atomic mass is 16.5. The first kappa shape index (κ1) is 14.8. The summed E-state index contributed by atoms with van der Waals surface area (Å²) in [6, 6.07) is 0. The van der Waals surface area contributed by atoms with Crippen molar-refractivity contribution in [2.75, 3.05) is 24.6 Å². The molecule has 0 radical (unpaired) electrons. The number of ether oxygens (including phenoxy) is 1. The highest BCUT2D eigenvalue weighted by Crippen LogP contribution is 2.17. The smallest absolute Gasteiger partial charge is 0.341 e. The predicted molar refractivity (Wildman–Crippen MR) is 78.0 cm³/mol. The van der Waals surface area contributed by atoms with Crippen LogP contribution in [-0.2, 0) is 4.74 Å². The second kappa shape index (κ2) is 7.22. The minimum absolute atomic E-state index is 0.318. The number of rotatable bonds is 5. The Bertz CT molecular complexity index is 456. The molecule has 0 unspecified atom stereocenters. The van der Waals surface area contributed by atoms with Crippen LogP contribution in [0.4, 0.5) is 5.95 Å². The summed E-state index contributed by atoms with van der Waals surface area (Å²) in [5, 5.41) is 0. The van der Waals surface area contributed by atoms with Crippen LogP contribution in [0.1, 0.15) is 55.1 Å². The van der Waals surface area contributed by atoms with Gasteiger partial charge in [-0.3, -0.25) is 0 Å². The lowest BCUT2D eigenvalue weighted by atomic mass is 10.1. The topological polar surface area (TPSA) is 55.3 Å². The summed E-state index contributed by atoms with van der Waals surface area (Å²) in [6.45, 7) is 6.36. The second-order valence-electron chi connectivity index (χ2n) is 5.21. The molecule has 0 aromatic carbocycles. The van der Waals surface area contributed by atoms with E-state index < -0.39 is 0 Å². The van der Waals surface area contributed by atoms with Crippen LogP contribution in [0, 0.1) is 6.92 Å². The molecule has 0 amide bonds. The summed E-state index contributed by atoms with van der Waals surface area (Å²) in [5.41, 5.74) is 1.17. The molecule has 0 saturated carbocycles. The minimum Gasteiger partial charge on any atom is -0.462 e. The summed E-state index contributed by atoms with van der Waals surface area (Å²) in [4.78, 5) is 22.9. The Hall–Kier alpha value is -1.65. The monoisotopic (exact) mass is 277 g/mol. The molecular formula is C15H23N3O2. The highest BCUT2D eigenvalue weighted by Gasteiger charge is 2.17. The quantitative estimate of drug-likeness (QED) is 0.612. The van der Waals surface area contributed by atoms with Crippen LogP contribution in [-0.4, -0.2) is 35.6 Å². The molecule has 1 fully saturated rings. The summed E-state index contributed by atoms with van der Waals surface area (Å²) in [7, 11) is 0. The zero-order valence-corrected chi connectivity index (χ0v) is 12.4. The van der Waals surface area contributed by atoms with Crippen molar-refractivity contribution < 1.29 is 9.53 Å². The average molecular weight is 277 g/mol. The lowest BCUT2D eigenvalue weighted by molar-refractivity contribution is 0.0498. The van der Waals surface area contributed by atoms with E-state index in [4.69, 9.17) is 4.74 Å². The van der Waals surface area contributed by atoms with Gasteiger partial charge in [-0.1, -0.05) is 13.3 Å². The van der Waals surface area contributed by atoms with Gasteiger partial charge in [0, 0.05) is 19.3 Å². The lowest BCUT2D eigenvalue weighted by Gasteiger charge is -2.26. The molecule has 1 aromatic rings. The first-order valence-electron chi connectivity index (χ1n) is 7.48. The van der Waals surface area contributed by atoms with Crippen LogP contribution in [0.5, 0.6) is 0 Å². The maximum atomic E-state index is 11.9. The number of nitrogens with zero attached hydrogens (tertiary/aromatic N) is 3. The SMILES string of the molecule is CCCCOC(=O)c1cnc(N2CCCCC2)nc1C. The minimum atomic E-state index is -0.318. The van der Waals surface area contributed by atoms with Gasteiger partial charge in [-0.2, -0.15) is 0 Å². The fourth-order valence-corrected chi connectivity index (χ4v) is 2.29. The summed E-state index contributed by atoms with van der Waals surface area (Å²) in [6.07, 6.45) is 7.14. The van der Waals surface area contributed by atoms with Crippen molar-refractivity contribution in [3.05, 3.63) is 17.5 Å². The number of hydrogen-bond acceptors (Lipinski definition) is 5. The Morgan fingerprint density at radius 1 is 1.35 bits per heavy atom. The number of aromatic nitrogens is 2. The van der Waals surface area contributed by atoms with Gasteiger partial charge < -0.3 is 9.64 Å². The van der Waals surface area contributed by atoms with E-state index in [9.17, 15) is 4.79 Å². The summed E-state index contributed by atoms with van der Waals surface area (Å²) < 4.78 is 5.20. The molecule has 1 aliphatic heterocycles. The Balaban J connectivity index is 2.03. The van der Waals surface area contributed by atoms with Gasteiger partial charge in [-0.05, 0) is 32.6 Å². The number of piperidine rings is 1. The fourth-order valence-electron chi connectivity index (χ4n) is 2.29. The zero-order chi connectivity index (χ0) is 14.4. The third kappa shape index (κ3) is 3.68. The highest BCUT2D eigenvalue weighted by molar-refractivity contribution is 5.90. The van der Waals surface area contributed by atoms with Crippen molar-refractivity contribution in [2.45, 2.75) is 46.0 Å². The maximum absolute atomic E-state index is 11.9. The third-order valence-corrected chi connectivity index (χ3v) is 3.56. The molecular weight excluding hydrogens is 254 g/mol. The Kier molecular flexibility index (Phi) is 5.32. The zero-order valence-electron chi connectivity index (χ0n) is 12.4. The van der Waals surface area contributed by atoms with Crippen LogP contribution in [0.3, 0.4) is 0 Å². The van der Waals surface area contributed by atoms with Gasteiger partial charge in [0.1, 0.15) is 0 Å². The first-order chi connectivity index (χ1) is 9.72. The van der Waals surface area contributed by atoms with Gasteiger partial charge in [0.15, 0.2) is 0 Å². The lowest BCUT2D eigenvalue weighted by Crippen LogP contribution is -2.31. The van der Waals surface area contributed by atoms with Crippen LogP contribution in [0.2, 0.25) is 0 Å². The van der Waals surface area contributed by atoms with Gasteiger partial charge in [0.25, 0.3) is 0 Å². The van der Waals surface area contributed by atoms with E-state index in [1.807, 2.05) is 6.92 Å². The molecule has 5 nitrogen and oxygen atoms in total. The van der Waals surface area contributed by atoms with E-state index in [2.05, 4.69) is 21.8 Å². The fraction of sp³-hybridized carbons (Fsp3) is 0.667. The number of carbonyl (C=O) groups excluding carboxylic acids is 1. The number of aryl methyl sites for hydroxylation is 1. The standard InChI is InChI=1S/C15H23N3O2/c1-3-4-10-20-14(19)13-11-16-15(17-12(13)2)18-8-6-5-7-9-18/h11H,3-10H2,1-2H3. The Morgan fingerprint density at radius 2 is 2.10 bits per heavy atom. The molecule has 1 aliphatic rings. The van der Waals surface area contributed by atoms with Crippen molar-refractivity contribution in [1.82, 2.24) is 9.97 Å². The Morgan fingerprint density at radius 3 is 2.75 bits per heavy atom. The van der Waals surface area contributed by atoms with Crippen LogP contribution >= 0.6 is 0 Å². The first-order valence-corrected chi connectivity index (χ1v) is 7.48. The van der Waals surface area contributed by atoms with Crippen molar-refractivity contribution in [3.63, 3.8) is 0 Å². The molecule has 2 heterocycles. The van der Waals surface area contributed by atoms with Crippen molar-refractivity contribution in [3.8, 4) is 0 Å². The molecule has 0 atom stereocenters. The van der Waals surface area contributed by atoms with Gasteiger partial charge in [-0.15, -0.1) is 0 Å².